The van der Waals surface area contributed by atoms with E-state index in [2.05, 4.69) is 11.9 Å². The molecule has 0 saturated heterocycles. The molecule has 0 aliphatic heterocycles. The van der Waals surface area contributed by atoms with Gasteiger partial charge in [-0.2, -0.15) is 0 Å². The van der Waals surface area contributed by atoms with Crippen molar-refractivity contribution in [2.24, 2.45) is 0 Å². The van der Waals surface area contributed by atoms with Crippen LogP contribution in [0.5, 0.6) is 0 Å². The Labute approximate surface area is 123 Å². The lowest BCUT2D eigenvalue weighted by Gasteiger charge is -2.09. The molecule has 0 unspecified atom stereocenters. The van der Waals surface area contributed by atoms with Gasteiger partial charge in [0.15, 0.2) is 0 Å². The molecule has 2 rings (SSSR count). The first kappa shape index (κ1) is 15.5. The summed E-state index contributed by atoms with van der Waals surface area (Å²) in [6, 6.07) is 5.17. The summed E-state index contributed by atoms with van der Waals surface area (Å²) in [4.78, 5) is 15.8. The highest BCUT2D eigenvalue weighted by atomic mass is 16.5. The lowest BCUT2D eigenvalue weighted by Crippen LogP contribution is -2.11. The standard InChI is InChI=1S/C15H20N2O4/c1-2-4-13-16-14-11(15(19)20)5-3-6-12(14)17(13)7-9-21-10-8-18/h3,5-6,18H,2,4,7-10H2,1H3,(H,19,20). The molecule has 1 aromatic carbocycles. The number of imidazole rings is 1. The molecule has 0 aliphatic rings. The summed E-state index contributed by atoms with van der Waals surface area (Å²) in [5.41, 5.74) is 1.56. The molecule has 0 saturated carbocycles. The van der Waals surface area contributed by atoms with Crippen LogP contribution in [0.2, 0.25) is 0 Å². The highest BCUT2D eigenvalue weighted by Gasteiger charge is 2.16. The second-order valence-electron chi connectivity index (χ2n) is 4.74. The number of hydrogen-bond donors (Lipinski definition) is 2. The molecule has 114 valence electrons. The summed E-state index contributed by atoms with van der Waals surface area (Å²) in [5.74, 6) is -0.0985. The summed E-state index contributed by atoms with van der Waals surface area (Å²) < 4.78 is 7.30. The Balaban J connectivity index is 2.38. The van der Waals surface area contributed by atoms with E-state index in [1.54, 1.807) is 12.1 Å². The average molecular weight is 292 g/mol. The van der Waals surface area contributed by atoms with Crippen molar-refractivity contribution in [1.82, 2.24) is 9.55 Å². The molecule has 2 aromatic rings. The van der Waals surface area contributed by atoms with Crippen LogP contribution in [-0.4, -0.2) is 45.6 Å². The number of aryl methyl sites for hydroxylation is 1. The zero-order chi connectivity index (χ0) is 15.2. The van der Waals surface area contributed by atoms with Crippen LogP contribution in [0.15, 0.2) is 18.2 Å². The third-order valence-corrected chi connectivity index (χ3v) is 3.26. The minimum absolute atomic E-state index is 0.00431. The van der Waals surface area contributed by atoms with Gasteiger partial charge in [-0.05, 0) is 18.6 Å². The number of nitrogens with zero attached hydrogens (tertiary/aromatic N) is 2. The smallest absolute Gasteiger partial charge is 0.337 e. The maximum absolute atomic E-state index is 11.3. The predicted octanol–water partition coefficient (Wildman–Crippen LogP) is 1.70. The Bertz CT molecular complexity index is 621. The Morgan fingerprint density at radius 2 is 2.19 bits per heavy atom. The molecule has 0 radical (unpaired) electrons. The average Bonchev–Trinajstić information content (AvgIpc) is 2.81. The molecular weight excluding hydrogens is 272 g/mol. The largest absolute Gasteiger partial charge is 0.478 e. The fourth-order valence-electron chi connectivity index (χ4n) is 2.35. The van der Waals surface area contributed by atoms with E-state index in [9.17, 15) is 9.90 Å². The number of para-hydroxylation sites is 1. The number of carbonyl (C=O) groups is 1. The van der Waals surface area contributed by atoms with Gasteiger partial charge in [0.25, 0.3) is 0 Å². The minimum atomic E-state index is -0.968. The van der Waals surface area contributed by atoms with Gasteiger partial charge in [0.05, 0.1) is 30.9 Å². The Kier molecular flexibility index (Phi) is 5.30. The maximum atomic E-state index is 11.3. The first-order valence-electron chi connectivity index (χ1n) is 7.09. The number of ether oxygens (including phenoxy) is 1. The van der Waals surface area contributed by atoms with Crippen molar-refractivity contribution in [2.45, 2.75) is 26.3 Å². The Morgan fingerprint density at radius 3 is 2.86 bits per heavy atom. The monoisotopic (exact) mass is 292 g/mol. The van der Waals surface area contributed by atoms with E-state index in [0.717, 1.165) is 24.2 Å². The number of rotatable bonds is 8. The lowest BCUT2D eigenvalue weighted by atomic mass is 10.2. The van der Waals surface area contributed by atoms with Gasteiger partial charge >= 0.3 is 5.97 Å². The van der Waals surface area contributed by atoms with Crippen molar-refractivity contribution in [1.29, 1.82) is 0 Å². The molecule has 1 heterocycles. The van der Waals surface area contributed by atoms with Crippen LogP contribution in [0.1, 0.15) is 29.5 Å². The predicted molar refractivity (Wildman–Crippen MR) is 78.6 cm³/mol. The summed E-state index contributed by atoms with van der Waals surface area (Å²) >= 11 is 0. The molecule has 0 bridgehead atoms. The van der Waals surface area contributed by atoms with E-state index in [-0.39, 0.29) is 12.2 Å². The summed E-state index contributed by atoms with van der Waals surface area (Å²) in [7, 11) is 0. The molecule has 0 spiro atoms. The van der Waals surface area contributed by atoms with Crippen molar-refractivity contribution >= 4 is 17.0 Å². The molecule has 0 fully saturated rings. The first-order valence-corrected chi connectivity index (χ1v) is 7.09. The van der Waals surface area contributed by atoms with E-state index in [4.69, 9.17) is 9.84 Å². The second-order valence-corrected chi connectivity index (χ2v) is 4.74. The van der Waals surface area contributed by atoms with E-state index in [0.29, 0.717) is 25.3 Å². The van der Waals surface area contributed by atoms with E-state index < -0.39 is 5.97 Å². The van der Waals surface area contributed by atoms with Crippen molar-refractivity contribution in [3.8, 4) is 0 Å². The van der Waals surface area contributed by atoms with Crippen molar-refractivity contribution in [3.63, 3.8) is 0 Å². The van der Waals surface area contributed by atoms with Crippen molar-refractivity contribution < 1.29 is 19.7 Å². The summed E-state index contributed by atoms with van der Waals surface area (Å²) in [6.07, 6.45) is 1.72. The molecule has 6 heteroatoms. The van der Waals surface area contributed by atoms with Gasteiger partial charge in [0.1, 0.15) is 11.3 Å². The van der Waals surface area contributed by atoms with Gasteiger partial charge in [0, 0.05) is 13.0 Å². The molecule has 0 amide bonds. The van der Waals surface area contributed by atoms with Gasteiger partial charge in [-0.15, -0.1) is 0 Å². The minimum Gasteiger partial charge on any atom is -0.478 e. The van der Waals surface area contributed by atoms with Gasteiger partial charge in [-0.1, -0.05) is 13.0 Å². The van der Waals surface area contributed by atoms with E-state index >= 15 is 0 Å². The third kappa shape index (κ3) is 3.40. The second kappa shape index (κ2) is 7.19. The molecule has 6 nitrogen and oxygen atoms in total. The molecule has 0 atom stereocenters. The zero-order valence-electron chi connectivity index (χ0n) is 12.1. The van der Waals surface area contributed by atoms with Crippen molar-refractivity contribution in [2.75, 3.05) is 19.8 Å². The number of carboxylic acids is 1. The molecular formula is C15H20N2O4. The number of benzene rings is 1. The van der Waals surface area contributed by atoms with Crippen LogP contribution < -0.4 is 0 Å². The maximum Gasteiger partial charge on any atom is 0.337 e. The number of aromatic nitrogens is 2. The fourth-order valence-corrected chi connectivity index (χ4v) is 2.35. The molecule has 21 heavy (non-hydrogen) atoms. The number of aliphatic hydroxyl groups excluding tert-OH is 1. The van der Waals surface area contributed by atoms with Crippen molar-refractivity contribution in [3.05, 3.63) is 29.6 Å². The summed E-state index contributed by atoms with van der Waals surface area (Å²) in [5, 5.41) is 18.0. The van der Waals surface area contributed by atoms with Crippen LogP contribution in [0.3, 0.4) is 0 Å². The number of fused-ring (bicyclic) bond motifs is 1. The van der Waals surface area contributed by atoms with Gasteiger partial charge in [0.2, 0.25) is 0 Å². The quantitative estimate of drug-likeness (QED) is 0.723. The normalized spacial score (nSPS) is 11.1. The number of aliphatic hydroxyl groups is 1. The van der Waals surface area contributed by atoms with Crippen LogP contribution in [0, 0.1) is 0 Å². The fraction of sp³-hybridized carbons (Fsp3) is 0.467. The topological polar surface area (TPSA) is 84.6 Å². The highest BCUT2D eigenvalue weighted by Crippen LogP contribution is 2.21. The molecule has 1 aromatic heterocycles. The van der Waals surface area contributed by atoms with Crippen LogP contribution in [-0.2, 0) is 17.7 Å². The zero-order valence-corrected chi connectivity index (χ0v) is 12.1. The van der Waals surface area contributed by atoms with Crippen LogP contribution >= 0.6 is 0 Å². The first-order chi connectivity index (χ1) is 10.2. The summed E-state index contributed by atoms with van der Waals surface area (Å²) in [6.45, 7) is 3.41. The number of carboxylic acid groups (broad SMARTS) is 1. The van der Waals surface area contributed by atoms with Crippen LogP contribution in [0.4, 0.5) is 0 Å². The number of hydrogen-bond acceptors (Lipinski definition) is 4. The van der Waals surface area contributed by atoms with E-state index in [1.165, 1.54) is 0 Å². The molecule has 2 N–H and O–H groups in total. The molecule has 0 aliphatic carbocycles. The van der Waals surface area contributed by atoms with Gasteiger partial charge < -0.3 is 19.5 Å². The third-order valence-electron chi connectivity index (χ3n) is 3.26. The van der Waals surface area contributed by atoms with Crippen LogP contribution in [0.25, 0.3) is 11.0 Å². The lowest BCUT2D eigenvalue weighted by molar-refractivity contribution is 0.0699. The van der Waals surface area contributed by atoms with E-state index in [1.807, 2.05) is 10.6 Å². The highest BCUT2D eigenvalue weighted by molar-refractivity contribution is 6.01. The Hall–Kier alpha value is -1.92. The van der Waals surface area contributed by atoms with Gasteiger partial charge in [-0.25, -0.2) is 9.78 Å². The Morgan fingerprint density at radius 1 is 1.38 bits per heavy atom. The number of aromatic carboxylic acids is 1. The SMILES string of the molecule is CCCc1nc2c(C(=O)O)cccc2n1CCOCCO. The van der Waals surface area contributed by atoms with Gasteiger partial charge in [-0.3, -0.25) is 0 Å².